The van der Waals surface area contributed by atoms with Crippen LogP contribution >= 0.6 is 24.0 Å². The van der Waals surface area contributed by atoms with Crippen LogP contribution in [-0.4, -0.2) is 12.5 Å². The van der Waals surface area contributed by atoms with Gasteiger partial charge in [0.15, 0.2) is 5.96 Å². The Morgan fingerprint density at radius 1 is 1.38 bits per heavy atom. The molecule has 0 aromatic heterocycles. The largest absolute Gasteiger partial charge is 0.370 e. The van der Waals surface area contributed by atoms with E-state index in [1.165, 1.54) is 30.4 Å². The smallest absolute Gasteiger partial charge is 0.193 e. The first-order chi connectivity index (χ1) is 9.65. The predicted octanol–water partition coefficient (Wildman–Crippen LogP) is 4.66. The molecule has 3 N–H and O–H groups in total. The first kappa shape index (κ1) is 18.0. The third-order valence-corrected chi connectivity index (χ3v) is 3.68. The van der Waals surface area contributed by atoms with Crippen LogP contribution in [0.5, 0.6) is 0 Å². The van der Waals surface area contributed by atoms with Gasteiger partial charge in [0.05, 0.1) is 0 Å². The summed E-state index contributed by atoms with van der Waals surface area (Å²) in [6.45, 7) is 5.15. The number of hydrogen-bond donors (Lipinski definition) is 2. The van der Waals surface area contributed by atoms with Gasteiger partial charge in [-0.15, -0.1) is 24.0 Å². The van der Waals surface area contributed by atoms with Crippen molar-refractivity contribution in [2.45, 2.75) is 45.4 Å². The molecule has 3 nitrogen and oxygen atoms in total. The highest BCUT2D eigenvalue weighted by molar-refractivity contribution is 14.0. The summed E-state index contributed by atoms with van der Waals surface area (Å²) in [5.74, 6) is 1.02. The molecule has 0 heterocycles. The Labute approximate surface area is 145 Å². The second-order valence-electron chi connectivity index (χ2n) is 5.68. The molecule has 2 rings (SSSR count). The van der Waals surface area contributed by atoms with E-state index >= 15 is 0 Å². The number of allylic oxidation sites excluding steroid dienone is 1. The van der Waals surface area contributed by atoms with Crippen molar-refractivity contribution in [1.82, 2.24) is 0 Å². The molecule has 0 saturated carbocycles. The number of nitrogens with one attached hydrogen (secondary N) is 1. The number of aliphatic imine (C=N–C) groups is 1. The van der Waals surface area contributed by atoms with Crippen LogP contribution in [0.2, 0.25) is 0 Å². The Hall–Kier alpha value is -1.04. The molecular formula is C17H26IN3. The van der Waals surface area contributed by atoms with Crippen LogP contribution < -0.4 is 11.1 Å². The highest BCUT2D eigenvalue weighted by Crippen LogP contribution is 2.20. The maximum atomic E-state index is 5.94. The molecule has 0 bridgehead atoms. The van der Waals surface area contributed by atoms with Gasteiger partial charge >= 0.3 is 0 Å². The molecule has 0 fully saturated rings. The number of guanidine groups is 1. The van der Waals surface area contributed by atoms with Gasteiger partial charge in [-0.2, -0.15) is 0 Å². The number of halogens is 1. The first-order valence-corrected chi connectivity index (χ1v) is 7.50. The minimum Gasteiger partial charge on any atom is -0.370 e. The molecule has 1 aromatic carbocycles. The van der Waals surface area contributed by atoms with E-state index in [2.05, 4.69) is 42.4 Å². The molecule has 1 aliphatic rings. The van der Waals surface area contributed by atoms with Crippen molar-refractivity contribution < 1.29 is 0 Å². The van der Waals surface area contributed by atoms with E-state index in [0.717, 1.165) is 18.7 Å². The standard InChI is InChI=1S/C17H25N3.HI/c1-13(2)15-8-5-9-16(12-15)20-17(18)19-11-10-14-6-3-4-7-14;/h5-6,8-9,12-13H,3-4,7,10-11H2,1-2H3,(H3,18,19,20);1H. The Bertz CT molecular complexity index is 507. The Morgan fingerprint density at radius 3 is 2.86 bits per heavy atom. The van der Waals surface area contributed by atoms with Gasteiger partial charge in [-0.3, -0.25) is 4.99 Å². The number of rotatable bonds is 5. The van der Waals surface area contributed by atoms with E-state index < -0.39 is 0 Å². The van der Waals surface area contributed by atoms with Crippen molar-refractivity contribution in [3.8, 4) is 0 Å². The van der Waals surface area contributed by atoms with Crippen LogP contribution in [0, 0.1) is 0 Å². The second-order valence-corrected chi connectivity index (χ2v) is 5.68. The van der Waals surface area contributed by atoms with Gasteiger partial charge in [0.25, 0.3) is 0 Å². The minimum atomic E-state index is 0. The van der Waals surface area contributed by atoms with Gasteiger partial charge in [0, 0.05) is 12.2 Å². The lowest BCUT2D eigenvalue weighted by Gasteiger charge is -2.10. The van der Waals surface area contributed by atoms with Gasteiger partial charge in [-0.1, -0.05) is 37.6 Å². The van der Waals surface area contributed by atoms with Crippen LogP contribution in [0.1, 0.15) is 51.0 Å². The molecule has 0 aliphatic heterocycles. The van der Waals surface area contributed by atoms with Crippen molar-refractivity contribution in [3.05, 3.63) is 41.5 Å². The van der Waals surface area contributed by atoms with Crippen molar-refractivity contribution in [1.29, 1.82) is 0 Å². The van der Waals surface area contributed by atoms with E-state index in [-0.39, 0.29) is 24.0 Å². The zero-order valence-electron chi connectivity index (χ0n) is 12.9. The number of nitrogens with zero attached hydrogens (tertiary/aromatic N) is 1. The van der Waals surface area contributed by atoms with E-state index in [9.17, 15) is 0 Å². The first-order valence-electron chi connectivity index (χ1n) is 7.50. The molecule has 0 spiro atoms. The summed E-state index contributed by atoms with van der Waals surface area (Å²) in [6.07, 6.45) is 7.14. The van der Waals surface area contributed by atoms with Gasteiger partial charge in [-0.25, -0.2) is 0 Å². The minimum absolute atomic E-state index is 0. The Morgan fingerprint density at radius 2 is 2.19 bits per heavy atom. The fraction of sp³-hybridized carbons (Fsp3) is 0.471. The summed E-state index contributed by atoms with van der Waals surface area (Å²) in [7, 11) is 0. The Balaban J connectivity index is 0.00000220. The molecular weight excluding hydrogens is 373 g/mol. The molecule has 0 amide bonds. The van der Waals surface area contributed by atoms with Crippen LogP contribution in [0.25, 0.3) is 0 Å². The number of anilines is 1. The molecule has 1 aromatic rings. The molecule has 0 saturated heterocycles. The van der Waals surface area contributed by atoms with E-state index in [1.807, 2.05) is 12.1 Å². The molecule has 0 radical (unpaired) electrons. The van der Waals surface area contributed by atoms with Crippen molar-refractivity contribution >= 4 is 35.6 Å². The topological polar surface area (TPSA) is 50.4 Å². The third-order valence-electron chi connectivity index (χ3n) is 3.68. The third kappa shape index (κ3) is 6.08. The fourth-order valence-electron chi connectivity index (χ4n) is 2.45. The number of benzene rings is 1. The van der Waals surface area contributed by atoms with Gasteiger partial charge in [0.1, 0.15) is 0 Å². The van der Waals surface area contributed by atoms with Crippen LogP contribution in [0.15, 0.2) is 40.9 Å². The SMILES string of the molecule is CC(C)c1cccc(NC(N)=NCCC2=CCCC2)c1.I. The van der Waals surface area contributed by atoms with Gasteiger partial charge in [0.2, 0.25) is 0 Å². The zero-order chi connectivity index (χ0) is 14.4. The lowest BCUT2D eigenvalue weighted by atomic mass is 10.0. The number of nitrogens with two attached hydrogens (primary N) is 1. The maximum absolute atomic E-state index is 5.94. The summed E-state index contributed by atoms with van der Waals surface area (Å²) < 4.78 is 0. The number of hydrogen-bond acceptors (Lipinski definition) is 1. The summed E-state index contributed by atoms with van der Waals surface area (Å²) >= 11 is 0. The molecule has 116 valence electrons. The van der Waals surface area contributed by atoms with Crippen LogP contribution in [-0.2, 0) is 0 Å². The van der Waals surface area contributed by atoms with Crippen molar-refractivity contribution in [2.24, 2.45) is 10.7 Å². The maximum Gasteiger partial charge on any atom is 0.193 e. The molecule has 21 heavy (non-hydrogen) atoms. The second kappa shape index (κ2) is 9.07. The van der Waals surface area contributed by atoms with Gasteiger partial charge < -0.3 is 11.1 Å². The van der Waals surface area contributed by atoms with Crippen LogP contribution in [0.3, 0.4) is 0 Å². The highest BCUT2D eigenvalue weighted by atomic mass is 127. The average Bonchev–Trinajstić information content (AvgIpc) is 2.92. The summed E-state index contributed by atoms with van der Waals surface area (Å²) in [5.41, 5.74) is 9.78. The van der Waals surface area contributed by atoms with Crippen LogP contribution in [0.4, 0.5) is 5.69 Å². The predicted molar refractivity (Wildman–Crippen MR) is 103 cm³/mol. The van der Waals surface area contributed by atoms with E-state index in [4.69, 9.17) is 5.73 Å². The normalized spacial score (nSPS) is 14.8. The average molecular weight is 399 g/mol. The van der Waals surface area contributed by atoms with Gasteiger partial charge in [-0.05, 0) is 49.3 Å². The quantitative estimate of drug-likeness (QED) is 0.328. The zero-order valence-corrected chi connectivity index (χ0v) is 15.3. The van der Waals surface area contributed by atoms with E-state index in [0.29, 0.717) is 11.9 Å². The van der Waals surface area contributed by atoms with Crippen molar-refractivity contribution in [3.63, 3.8) is 0 Å². The molecule has 0 atom stereocenters. The monoisotopic (exact) mass is 399 g/mol. The lowest BCUT2D eigenvalue weighted by Crippen LogP contribution is -2.23. The molecule has 1 aliphatic carbocycles. The highest BCUT2D eigenvalue weighted by Gasteiger charge is 2.04. The summed E-state index contributed by atoms with van der Waals surface area (Å²) in [4.78, 5) is 4.40. The Kier molecular flexibility index (Phi) is 7.78. The lowest BCUT2D eigenvalue weighted by molar-refractivity contribution is 0.850. The molecule has 0 unspecified atom stereocenters. The van der Waals surface area contributed by atoms with Crippen molar-refractivity contribution in [2.75, 3.05) is 11.9 Å². The summed E-state index contributed by atoms with van der Waals surface area (Å²) in [5, 5.41) is 3.17. The summed E-state index contributed by atoms with van der Waals surface area (Å²) in [6, 6.07) is 8.34. The fourth-order valence-corrected chi connectivity index (χ4v) is 2.45. The van der Waals surface area contributed by atoms with E-state index in [1.54, 1.807) is 0 Å². The molecule has 4 heteroatoms.